The topological polar surface area (TPSA) is 95.2 Å². The van der Waals surface area contributed by atoms with E-state index >= 15 is 0 Å². The summed E-state index contributed by atoms with van der Waals surface area (Å²) < 4.78 is 0. The van der Waals surface area contributed by atoms with Gasteiger partial charge in [-0.3, -0.25) is 0 Å². The number of rotatable bonds is 5. The van der Waals surface area contributed by atoms with Crippen LogP contribution in [0.15, 0.2) is 0 Å². The van der Waals surface area contributed by atoms with Crippen molar-refractivity contribution >= 4 is 0 Å². The fourth-order valence-corrected chi connectivity index (χ4v) is 1.69. The van der Waals surface area contributed by atoms with E-state index in [1.165, 1.54) is 0 Å². The lowest BCUT2D eigenvalue weighted by molar-refractivity contribution is 0.215. The van der Waals surface area contributed by atoms with Crippen LogP contribution in [-0.4, -0.2) is 0 Å². The Morgan fingerprint density at radius 1 is 0.933 bits per heavy atom. The molecule has 4 nitrogen and oxygen atoms in total. The smallest absolute Gasteiger partial charge is 0.0662 e. The zero-order valence-electron chi connectivity index (χ0n) is 8.69. The zero-order chi connectivity index (χ0) is 11.7. The highest BCUT2D eigenvalue weighted by Gasteiger charge is 2.38. The summed E-state index contributed by atoms with van der Waals surface area (Å²) in [5.41, 5.74) is -0.776. The fourth-order valence-electron chi connectivity index (χ4n) is 1.69. The maximum Gasteiger partial charge on any atom is 0.0662 e. The zero-order valence-corrected chi connectivity index (χ0v) is 8.69. The van der Waals surface area contributed by atoms with Gasteiger partial charge in [0.15, 0.2) is 0 Å². The van der Waals surface area contributed by atoms with Crippen LogP contribution in [0.25, 0.3) is 0 Å². The van der Waals surface area contributed by atoms with Gasteiger partial charge in [0, 0.05) is 24.7 Å². The van der Waals surface area contributed by atoms with E-state index in [0.717, 1.165) is 0 Å². The molecular weight excluding hydrogens is 188 g/mol. The van der Waals surface area contributed by atoms with Gasteiger partial charge in [-0.05, 0) is 6.42 Å². The molecule has 0 aliphatic rings. The molecule has 0 aromatic rings. The third-order valence-electron chi connectivity index (χ3n) is 2.60. The molecule has 0 fully saturated rings. The first-order chi connectivity index (χ1) is 7.20. The van der Waals surface area contributed by atoms with Crippen LogP contribution in [-0.2, 0) is 0 Å². The molecule has 0 radical (unpaired) electrons. The number of hydrogen-bond donors (Lipinski definition) is 0. The second kappa shape index (κ2) is 6.42. The summed E-state index contributed by atoms with van der Waals surface area (Å²) in [7, 11) is 0. The van der Waals surface area contributed by atoms with Crippen molar-refractivity contribution in [2.45, 2.75) is 32.6 Å². The molecule has 0 aliphatic heterocycles. The van der Waals surface area contributed by atoms with Gasteiger partial charge in [0.25, 0.3) is 0 Å². The minimum Gasteiger partial charge on any atom is -0.198 e. The Kier molecular flexibility index (Phi) is 5.55. The first-order valence-electron chi connectivity index (χ1n) is 4.71. The van der Waals surface area contributed by atoms with Crippen molar-refractivity contribution in [1.82, 2.24) is 0 Å². The van der Waals surface area contributed by atoms with Crippen LogP contribution in [0.3, 0.4) is 0 Å². The van der Waals surface area contributed by atoms with Crippen molar-refractivity contribution in [3.63, 3.8) is 0 Å². The van der Waals surface area contributed by atoms with Crippen molar-refractivity contribution in [2.75, 3.05) is 0 Å². The first-order valence-corrected chi connectivity index (χ1v) is 4.71. The summed E-state index contributed by atoms with van der Waals surface area (Å²) >= 11 is 0. The van der Waals surface area contributed by atoms with Crippen molar-refractivity contribution < 1.29 is 0 Å². The Bertz CT molecular complexity index is 317. The normalized spacial score (nSPS) is 11.5. The lowest BCUT2D eigenvalue weighted by Crippen LogP contribution is -2.28. The van der Waals surface area contributed by atoms with Gasteiger partial charge in [-0.15, -0.1) is 0 Å². The molecule has 0 amide bonds. The Morgan fingerprint density at radius 3 is 1.53 bits per heavy atom. The minimum atomic E-state index is -0.776. The molecule has 0 N–H and O–H groups in total. The molecule has 1 atom stereocenters. The van der Waals surface area contributed by atoms with Crippen LogP contribution < -0.4 is 0 Å². The molecule has 0 spiro atoms. The van der Waals surface area contributed by atoms with Crippen LogP contribution in [0.4, 0.5) is 0 Å². The van der Waals surface area contributed by atoms with Gasteiger partial charge in [0.05, 0.1) is 30.2 Å². The molecule has 0 aromatic heterocycles. The van der Waals surface area contributed by atoms with Gasteiger partial charge in [-0.25, -0.2) is 0 Å². The van der Waals surface area contributed by atoms with Crippen LogP contribution in [0.5, 0.6) is 0 Å². The molecule has 0 aliphatic carbocycles. The van der Waals surface area contributed by atoms with Gasteiger partial charge in [-0.1, -0.05) is 6.92 Å². The van der Waals surface area contributed by atoms with Crippen LogP contribution in [0.1, 0.15) is 32.6 Å². The van der Waals surface area contributed by atoms with Crippen molar-refractivity contribution in [3.8, 4) is 24.3 Å². The SMILES string of the molecule is CCC(C#N)C(CC#N)(CC#N)CC#N. The van der Waals surface area contributed by atoms with E-state index in [1.54, 1.807) is 0 Å². The Balaban J connectivity index is 5.14. The molecule has 0 heterocycles. The van der Waals surface area contributed by atoms with E-state index in [4.69, 9.17) is 21.0 Å². The molecule has 0 rings (SSSR count). The largest absolute Gasteiger partial charge is 0.198 e. The molecule has 4 heteroatoms. The van der Waals surface area contributed by atoms with E-state index < -0.39 is 11.3 Å². The Labute approximate surface area is 90.0 Å². The van der Waals surface area contributed by atoms with Crippen molar-refractivity contribution in [1.29, 1.82) is 21.0 Å². The predicted molar refractivity (Wildman–Crippen MR) is 52.5 cm³/mol. The highest BCUT2D eigenvalue weighted by Crippen LogP contribution is 2.39. The predicted octanol–water partition coefficient (Wildman–Crippen LogP) is 2.26. The van der Waals surface area contributed by atoms with Crippen molar-refractivity contribution in [2.24, 2.45) is 11.3 Å². The van der Waals surface area contributed by atoms with E-state index in [9.17, 15) is 0 Å². The molecule has 1 unspecified atom stereocenters. The molecule has 0 saturated carbocycles. The number of hydrogen-bond acceptors (Lipinski definition) is 4. The highest BCUT2D eigenvalue weighted by atomic mass is 14.4. The fraction of sp³-hybridized carbons (Fsp3) is 0.636. The first kappa shape index (κ1) is 13.0. The Hall–Kier alpha value is -2.04. The monoisotopic (exact) mass is 200 g/mol. The number of nitriles is 4. The van der Waals surface area contributed by atoms with Gasteiger partial charge in [-0.2, -0.15) is 21.0 Å². The van der Waals surface area contributed by atoms with Gasteiger partial charge in [0.2, 0.25) is 0 Å². The van der Waals surface area contributed by atoms with Gasteiger partial charge >= 0.3 is 0 Å². The standard InChI is InChI=1S/C11H12N4/c1-2-10(9-15)11(3-6-12,4-7-13)5-8-14/h10H,2-5H2,1H3. The molecule has 0 aromatic carbocycles. The average Bonchev–Trinajstić information content (AvgIpc) is 2.20. The maximum absolute atomic E-state index is 8.96. The lowest BCUT2D eigenvalue weighted by atomic mass is 9.68. The highest BCUT2D eigenvalue weighted by molar-refractivity contribution is 5.07. The van der Waals surface area contributed by atoms with Crippen LogP contribution in [0, 0.1) is 56.7 Å². The average molecular weight is 200 g/mol. The summed E-state index contributed by atoms with van der Waals surface area (Å²) in [6.07, 6.45) is 0.808. The molecule has 76 valence electrons. The lowest BCUT2D eigenvalue weighted by Gasteiger charge is -2.30. The molecular formula is C11H12N4. The second-order valence-corrected chi connectivity index (χ2v) is 3.46. The van der Waals surface area contributed by atoms with Crippen molar-refractivity contribution in [3.05, 3.63) is 0 Å². The third kappa shape index (κ3) is 2.98. The summed E-state index contributed by atoms with van der Waals surface area (Å²) in [6, 6.07) is 8.02. The quantitative estimate of drug-likeness (QED) is 0.679. The second-order valence-electron chi connectivity index (χ2n) is 3.46. The summed E-state index contributed by atoms with van der Waals surface area (Å²) in [4.78, 5) is 0. The summed E-state index contributed by atoms with van der Waals surface area (Å²) in [5, 5.41) is 35.1. The third-order valence-corrected chi connectivity index (χ3v) is 2.60. The summed E-state index contributed by atoms with van der Waals surface area (Å²) in [5.74, 6) is -0.406. The minimum absolute atomic E-state index is 0.0835. The van der Waals surface area contributed by atoms with Gasteiger partial charge < -0.3 is 0 Å². The number of nitrogens with zero attached hydrogens (tertiary/aromatic N) is 4. The maximum atomic E-state index is 8.96. The summed E-state index contributed by atoms with van der Waals surface area (Å²) in [6.45, 7) is 1.83. The molecule has 0 bridgehead atoms. The van der Waals surface area contributed by atoms with E-state index in [-0.39, 0.29) is 19.3 Å². The van der Waals surface area contributed by atoms with E-state index in [0.29, 0.717) is 6.42 Å². The van der Waals surface area contributed by atoms with Crippen LogP contribution in [0.2, 0.25) is 0 Å². The molecule has 15 heavy (non-hydrogen) atoms. The Morgan fingerprint density at radius 2 is 1.33 bits per heavy atom. The van der Waals surface area contributed by atoms with Gasteiger partial charge in [0.1, 0.15) is 0 Å². The van der Waals surface area contributed by atoms with E-state index in [1.807, 2.05) is 25.1 Å². The molecule has 0 saturated heterocycles. The van der Waals surface area contributed by atoms with Crippen LogP contribution >= 0.6 is 0 Å². The van der Waals surface area contributed by atoms with E-state index in [2.05, 4.69) is 6.07 Å².